The molecule has 0 aliphatic heterocycles. The summed E-state index contributed by atoms with van der Waals surface area (Å²) in [7, 11) is 0. The molecule has 1 aliphatic carbocycles. The van der Waals surface area contributed by atoms with Crippen molar-refractivity contribution >= 4 is 12.4 Å². The Labute approximate surface area is 116 Å². The van der Waals surface area contributed by atoms with Crippen molar-refractivity contribution < 1.29 is 5.11 Å². The molecule has 1 aromatic carbocycles. The topological polar surface area (TPSA) is 46.2 Å². The minimum atomic E-state index is -0.392. The molecule has 0 amide bonds. The number of aliphatic hydroxyl groups excluding tert-OH is 1. The zero-order chi connectivity index (χ0) is 12.3. The number of hydrogen-bond donors (Lipinski definition) is 2. The number of hydrogen-bond acceptors (Lipinski definition) is 2. The van der Waals surface area contributed by atoms with E-state index in [9.17, 15) is 5.11 Å². The van der Waals surface area contributed by atoms with Gasteiger partial charge in [-0.3, -0.25) is 0 Å². The lowest BCUT2D eigenvalue weighted by Crippen LogP contribution is -2.48. The molecular formula is C15H24ClNO. The highest BCUT2D eigenvalue weighted by Crippen LogP contribution is 2.28. The molecule has 0 aromatic heterocycles. The molecule has 1 aliphatic rings. The molecule has 0 saturated heterocycles. The Morgan fingerprint density at radius 1 is 1.33 bits per heavy atom. The van der Waals surface area contributed by atoms with Crippen LogP contribution < -0.4 is 5.73 Å². The van der Waals surface area contributed by atoms with E-state index in [4.69, 9.17) is 5.73 Å². The predicted molar refractivity (Wildman–Crippen MR) is 78.3 cm³/mol. The summed E-state index contributed by atoms with van der Waals surface area (Å²) in [6, 6.07) is 6.79. The van der Waals surface area contributed by atoms with E-state index in [1.807, 2.05) is 0 Å². The maximum absolute atomic E-state index is 9.36. The lowest BCUT2D eigenvalue weighted by molar-refractivity contribution is 0.181. The fraction of sp³-hybridized carbons (Fsp3) is 0.600. The standard InChI is InChI=1S/C15H23NO.ClH/c1-2-3-4-12-5-6-13-7-8-15(16,11-17)10-14(13)9-12;/h5-6,9,17H,2-4,7-8,10-11,16H2,1H3;1H. The third-order valence-corrected chi connectivity index (χ3v) is 3.84. The zero-order valence-corrected chi connectivity index (χ0v) is 11.9. The van der Waals surface area contributed by atoms with Gasteiger partial charge in [-0.1, -0.05) is 31.5 Å². The van der Waals surface area contributed by atoms with Gasteiger partial charge in [0.05, 0.1) is 6.61 Å². The highest BCUT2D eigenvalue weighted by Gasteiger charge is 2.29. The fourth-order valence-corrected chi connectivity index (χ4v) is 2.61. The molecular weight excluding hydrogens is 246 g/mol. The maximum Gasteiger partial charge on any atom is 0.0614 e. The van der Waals surface area contributed by atoms with Crippen LogP contribution in [-0.4, -0.2) is 17.3 Å². The molecule has 2 rings (SSSR count). The number of unbranched alkanes of at least 4 members (excludes halogenated alkanes) is 1. The smallest absolute Gasteiger partial charge is 0.0614 e. The van der Waals surface area contributed by atoms with E-state index >= 15 is 0 Å². The van der Waals surface area contributed by atoms with Crippen LogP contribution in [0.2, 0.25) is 0 Å². The molecule has 102 valence electrons. The van der Waals surface area contributed by atoms with Crippen LogP contribution in [0, 0.1) is 0 Å². The summed E-state index contributed by atoms with van der Waals surface area (Å²) in [5, 5.41) is 9.36. The molecule has 1 atom stereocenters. The van der Waals surface area contributed by atoms with Gasteiger partial charge < -0.3 is 10.8 Å². The van der Waals surface area contributed by atoms with Crippen molar-refractivity contribution in [1.82, 2.24) is 0 Å². The van der Waals surface area contributed by atoms with Crippen molar-refractivity contribution in [2.24, 2.45) is 5.73 Å². The van der Waals surface area contributed by atoms with Crippen LogP contribution in [0.4, 0.5) is 0 Å². The van der Waals surface area contributed by atoms with Gasteiger partial charge in [0.15, 0.2) is 0 Å². The van der Waals surface area contributed by atoms with E-state index in [1.54, 1.807) is 0 Å². The van der Waals surface area contributed by atoms with Crippen LogP contribution in [0.25, 0.3) is 0 Å². The Hall–Kier alpha value is -0.570. The first-order valence-corrected chi connectivity index (χ1v) is 6.67. The number of aliphatic hydroxyl groups is 1. The Morgan fingerprint density at radius 3 is 2.78 bits per heavy atom. The predicted octanol–water partition coefficient (Wildman–Crippen LogP) is 2.63. The Kier molecular flexibility index (Phi) is 5.64. The number of benzene rings is 1. The molecule has 0 saturated carbocycles. The first-order chi connectivity index (χ1) is 8.17. The van der Waals surface area contributed by atoms with Crippen molar-refractivity contribution in [2.75, 3.05) is 6.61 Å². The lowest BCUT2D eigenvalue weighted by Gasteiger charge is -2.33. The quantitative estimate of drug-likeness (QED) is 0.883. The average Bonchev–Trinajstić information content (AvgIpc) is 2.36. The molecule has 3 heteroatoms. The van der Waals surface area contributed by atoms with E-state index in [2.05, 4.69) is 25.1 Å². The first kappa shape index (κ1) is 15.5. The molecule has 0 radical (unpaired) electrons. The minimum Gasteiger partial charge on any atom is -0.394 e. The normalized spacial score (nSPS) is 22.2. The number of halogens is 1. The molecule has 0 spiro atoms. The molecule has 18 heavy (non-hydrogen) atoms. The van der Waals surface area contributed by atoms with Crippen LogP contribution in [0.5, 0.6) is 0 Å². The highest BCUT2D eigenvalue weighted by atomic mass is 35.5. The summed E-state index contributed by atoms with van der Waals surface area (Å²) in [5.41, 5.74) is 9.96. The second-order valence-corrected chi connectivity index (χ2v) is 5.40. The van der Waals surface area contributed by atoms with Crippen LogP contribution in [0.1, 0.15) is 42.9 Å². The number of rotatable bonds is 4. The Bertz CT molecular complexity index is 394. The maximum atomic E-state index is 9.36. The van der Waals surface area contributed by atoms with Gasteiger partial charge in [-0.15, -0.1) is 12.4 Å². The molecule has 1 aromatic rings. The summed E-state index contributed by atoms with van der Waals surface area (Å²) in [5.74, 6) is 0. The van der Waals surface area contributed by atoms with Gasteiger partial charge >= 0.3 is 0 Å². The van der Waals surface area contributed by atoms with Gasteiger partial charge in [-0.25, -0.2) is 0 Å². The summed E-state index contributed by atoms with van der Waals surface area (Å²) < 4.78 is 0. The molecule has 0 bridgehead atoms. The first-order valence-electron chi connectivity index (χ1n) is 6.67. The van der Waals surface area contributed by atoms with E-state index in [0.29, 0.717) is 0 Å². The summed E-state index contributed by atoms with van der Waals surface area (Å²) in [6.07, 6.45) is 6.34. The Morgan fingerprint density at radius 2 is 2.11 bits per heavy atom. The van der Waals surface area contributed by atoms with Crippen LogP contribution in [0.3, 0.4) is 0 Å². The fourth-order valence-electron chi connectivity index (χ4n) is 2.61. The number of fused-ring (bicyclic) bond motifs is 1. The van der Waals surface area contributed by atoms with Crippen LogP contribution in [-0.2, 0) is 19.3 Å². The number of nitrogens with two attached hydrogens (primary N) is 1. The summed E-state index contributed by atoms with van der Waals surface area (Å²) in [4.78, 5) is 0. The van der Waals surface area contributed by atoms with Gasteiger partial charge in [-0.05, 0) is 48.8 Å². The SMILES string of the molecule is CCCCc1ccc2c(c1)CC(N)(CO)CC2.Cl. The van der Waals surface area contributed by atoms with Crippen LogP contribution in [0.15, 0.2) is 18.2 Å². The average molecular weight is 270 g/mol. The monoisotopic (exact) mass is 269 g/mol. The zero-order valence-electron chi connectivity index (χ0n) is 11.1. The third-order valence-electron chi connectivity index (χ3n) is 3.84. The van der Waals surface area contributed by atoms with Crippen LogP contribution >= 0.6 is 12.4 Å². The number of aryl methyl sites for hydroxylation is 2. The van der Waals surface area contributed by atoms with Gasteiger partial charge in [0.25, 0.3) is 0 Å². The molecule has 1 unspecified atom stereocenters. The van der Waals surface area contributed by atoms with Gasteiger partial charge in [0.1, 0.15) is 0 Å². The van der Waals surface area contributed by atoms with Crippen molar-refractivity contribution in [3.63, 3.8) is 0 Å². The van der Waals surface area contributed by atoms with Gasteiger partial charge in [-0.2, -0.15) is 0 Å². The lowest BCUT2D eigenvalue weighted by atomic mass is 9.78. The molecule has 0 fully saturated rings. The highest BCUT2D eigenvalue weighted by molar-refractivity contribution is 5.85. The van der Waals surface area contributed by atoms with E-state index in [-0.39, 0.29) is 19.0 Å². The van der Waals surface area contributed by atoms with Gasteiger partial charge in [0.2, 0.25) is 0 Å². The van der Waals surface area contributed by atoms with E-state index in [0.717, 1.165) is 25.7 Å². The second kappa shape index (κ2) is 6.55. The summed E-state index contributed by atoms with van der Waals surface area (Å²) >= 11 is 0. The molecule has 3 N–H and O–H groups in total. The van der Waals surface area contributed by atoms with Crippen molar-refractivity contribution in [2.45, 2.75) is 51.0 Å². The van der Waals surface area contributed by atoms with Gasteiger partial charge in [0, 0.05) is 5.54 Å². The molecule has 2 nitrogen and oxygen atoms in total. The van der Waals surface area contributed by atoms with Crippen molar-refractivity contribution in [3.8, 4) is 0 Å². The largest absolute Gasteiger partial charge is 0.394 e. The van der Waals surface area contributed by atoms with E-state index < -0.39 is 5.54 Å². The van der Waals surface area contributed by atoms with Crippen molar-refractivity contribution in [1.29, 1.82) is 0 Å². The minimum absolute atomic E-state index is 0. The third kappa shape index (κ3) is 3.47. The summed E-state index contributed by atoms with van der Waals surface area (Å²) in [6.45, 7) is 2.31. The Balaban J connectivity index is 0.00000162. The van der Waals surface area contributed by atoms with Crippen molar-refractivity contribution in [3.05, 3.63) is 34.9 Å². The van der Waals surface area contributed by atoms with E-state index in [1.165, 1.54) is 29.5 Å². The molecule has 0 heterocycles. The second-order valence-electron chi connectivity index (χ2n) is 5.40.